The van der Waals surface area contributed by atoms with Gasteiger partial charge in [0.25, 0.3) is 0 Å². The standard InChI is InChI=1S/C13H15FN2O4S/c1-13(2,3)11(12(17)18)16-21(19,20)9-4-5-10(14)8(6-9)7-15/h4-6,11,16H,1-3H3,(H,17,18)/t11-/m1/s1. The summed E-state index contributed by atoms with van der Waals surface area (Å²) in [5.41, 5.74) is -1.29. The second-order valence-corrected chi connectivity index (χ2v) is 7.23. The van der Waals surface area contributed by atoms with Crippen LogP contribution < -0.4 is 4.72 Å². The number of aliphatic carboxylic acids is 1. The van der Waals surface area contributed by atoms with Crippen LogP contribution in [-0.2, 0) is 14.8 Å². The Morgan fingerprint density at radius 3 is 2.43 bits per heavy atom. The molecule has 21 heavy (non-hydrogen) atoms. The lowest BCUT2D eigenvalue weighted by atomic mass is 9.88. The molecule has 1 atom stereocenters. The van der Waals surface area contributed by atoms with Gasteiger partial charge in [0, 0.05) is 0 Å². The van der Waals surface area contributed by atoms with E-state index < -0.39 is 38.8 Å². The van der Waals surface area contributed by atoms with Gasteiger partial charge in [-0.15, -0.1) is 0 Å². The van der Waals surface area contributed by atoms with Gasteiger partial charge < -0.3 is 5.11 Å². The van der Waals surface area contributed by atoms with Crippen molar-refractivity contribution in [1.82, 2.24) is 4.72 Å². The predicted octanol–water partition coefficient (Wildman–Crippen LogP) is 1.47. The first-order valence-corrected chi connectivity index (χ1v) is 7.42. The maximum atomic E-state index is 13.2. The second kappa shape index (κ2) is 5.79. The third-order valence-electron chi connectivity index (χ3n) is 2.75. The maximum Gasteiger partial charge on any atom is 0.322 e. The first kappa shape index (κ1) is 17.1. The fourth-order valence-electron chi connectivity index (χ4n) is 1.58. The van der Waals surface area contributed by atoms with Crippen LogP contribution in [0, 0.1) is 22.6 Å². The molecule has 0 fully saturated rings. The van der Waals surface area contributed by atoms with Crippen molar-refractivity contribution in [2.75, 3.05) is 0 Å². The topological polar surface area (TPSA) is 107 Å². The molecule has 0 aromatic heterocycles. The molecule has 2 N–H and O–H groups in total. The van der Waals surface area contributed by atoms with Crippen molar-refractivity contribution in [3.8, 4) is 6.07 Å². The van der Waals surface area contributed by atoms with Crippen molar-refractivity contribution in [3.05, 3.63) is 29.6 Å². The van der Waals surface area contributed by atoms with Gasteiger partial charge in [-0.2, -0.15) is 9.98 Å². The Labute approximate surface area is 122 Å². The lowest BCUT2D eigenvalue weighted by Gasteiger charge is -2.27. The van der Waals surface area contributed by atoms with Gasteiger partial charge in [0.2, 0.25) is 10.0 Å². The molecule has 0 aliphatic heterocycles. The van der Waals surface area contributed by atoms with Crippen LogP contribution in [0.25, 0.3) is 0 Å². The van der Waals surface area contributed by atoms with Crippen molar-refractivity contribution in [3.63, 3.8) is 0 Å². The Hall–Kier alpha value is -1.98. The molecule has 0 radical (unpaired) electrons. The number of sulfonamides is 1. The van der Waals surface area contributed by atoms with Gasteiger partial charge in [-0.25, -0.2) is 12.8 Å². The van der Waals surface area contributed by atoms with Gasteiger partial charge in [0.1, 0.15) is 17.9 Å². The molecule has 0 aliphatic rings. The van der Waals surface area contributed by atoms with E-state index in [0.29, 0.717) is 0 Å². The van der Waals surface area contributed by atoms with Crippen LogP contribution >= 0.6 is 0 Å². The Kier molecular flexibility index (Phi) is 4.71. The van der Waals surface area contributed by atoms with Gasteiger partial charge in [0.05, 0.1) is 10.5 Å². The average Bonchev–Trinajstić information content (AvgIpc) is 2.34. The number of rotatable bonds is 4. The van der Waals surface area contributed by atoms with E-state index in [4.69, 9.17) is 10.4 Å². The van der Waals surface area contributed by atoms with E-state index in [2.05, 4.69) is 4.72 Å². The summed E-state index contributed by atoms with van der Waals surface area (Å²) in [4.78, 5) is 10.8. The molecular formula is C13H15FN2O4S. The monoisotopic (exact) mass is 314 g/mol. The van der Waals surface area contributed by atoms with Crippen LogP contribution in [0.5, 0.6) is 0 Å². The van der Waals surface area contributed by atoms with Gasteiger partial charge in [0.15, 0.2) is 0 Å². The van der Waals surface area contributed by atoms with E-state index in [-0.39, 0.29) is 4.90 Å². The average molecular weight is 314 g/mol. The first-order chi connectivity index (χ1) is 9.49. The number of nitrogens with zero attached hydrogens (tertiary/aromatic N) is 1. The summed E-state index contributed by atoms with van der Waals surface area (Å²) >= 11 is 0. The summed E-state index contributed by atoms with van der Waals surface area (Å²) in [5, 5.41) is 17.8. The molecule has 0 unspecified atom stereocenters. The molecule has 6 nitrogen and oxygen atoms in total. The van der Waals surface area contributed by atoms with Crippen LogP contribution in [0.4, 0.5) is 4.39 Å². The maximum absolute atomic E-state index is 13.2. The molecule has 1 aromatic rings. The zero-order chi connectivity index (χ0) is 16.4. The highest BCUT2D eigenvalue weighted by molar-refractivity contribution is 7.89. The van der Waals surface area contributed by atoms with Crippen LogP contribution in [0.2, 0.25) is 0 Å². The summed E-state index contributed by atoms with van der Waals surface area (Å²) in [6.07, 6.45) is 0. The van der Waals surface area contributed by atoms with E-state index in [0.717, 1.165) is 18.2 Å². The molecular weight excluding hydrogens is 299 g/mol. The molecule has 0 saturated carbocycles. The molecule has 0 heterocycles. The van der Waals surface area contributed by atoms with Crippen molar-refractivity contribution < 1.29 is 22.7 Å². The minimum atomic E-state index is -4.19. The van der Waals surface area contributed by atoms with E-state index in [1.54, 1.807) is 20.8 Å². The normalized spacial score (nSPS) is 13.5. The van der Waals surface area contributed by atoms with E-state index in [9.17, 15) is 17.6 Å². The highest BCUT2D eigenvalue weighted by Gasteiger charge is 2.35. The Bertz CT molecular complexity index is 702. The zero-order valence-electron chi connectivity index (χ0n) is 11.7. The summed E-state index contributed by atoms with van der Waals surface area (Å²) in [6.45, 7) is 4.71. The fraction of sp³-hybridized carbons (Fsp3) is 0.385. The second-order valence-electron chi connectivity index (χ2n) is 5.51. The van der Waals surface area contributed by atoms with Gasteiger partial charge in [-0.3, -0.25) is 4.79 Å². The number of hydrogen-bond donors (Lipinski definition) is 2. The molecule has 0 spiro atoms. The largest absolute Gasteiger partial charge is 0.480 e. The Morgan fingerprint density at radius 2 is 2.00 bits per heavy atom. The van der Waals surface area contributed by atoms with Crippen LogP contribution in [0.3, 0.4) is 0 Å². The van der Waals surface area contributed by atoms with Crippen LogP contribution in [-0.4, -0.2) is 25.5 Å². The molecule has 1 rings (SSSR count). The lowest BCUT2D eigenvalue weighted by Crippen LogP contribution is -2.48. The molecule has 0 saturated heterocycles. The number of carbonyl (C=O) groups is 1. The molecule has 114 valence electrons. The van der Waals surface area contributed by atoms with Crippen molar-refractivity contribution in [2.24, 2.45) is 5.41 Å². The minimum Gasteiger partial charge on any atom is -0.480 e. The molecule has 1 aromatic carbocycles. The smallest absolute Gasteiger partial charge is 0.322 e. The number of carboxylic acids is 1. The van der Waals surface area contributed by atoms with E-state index >= 15 is 0 Å². The number of carboxylic acid groups (broad SMARTS) is 1. The van der Waals surface area contributed by atoms with Gasteiger partial charge >= 0.3 is 5.97 Å². The number of nitrogens with one attached hydrogen (secondary N) is 1. The predicted molar refractivity (Wildman–Crippen MR) is 72.3 cm³/mol. The highest BCUT2D eigenvalue weighted by Crippen LogP contribution is 2.22. The summed E-state index contributed by atoms with van der Waals surface area (Å²) in [6, 6.07) is 2.85. The summed E-state index contributed by atoms with van der Waals surface area (Å²) in [5.74, 6) is -2.17. The Balaban J connectivity index is 3.24. The summed E-state index contributed by atoms with van der Waals surface area (Å²) < 4.78 is 39.6. The number of hydrogen-bond acceptors (Lipinski definition) is 4. The van der Waals surface area contributed by atoms with Gasteiger partial charge in [-0.1, -0.05) is 20.8 Å². The third kappa shape index (κ3) is 4.00. The Morgan fingerprint density at radius 1 is 1.43 bits per heavy atom. The summed E-state index contributed by atoms with van der Waals surface area (Å²) in [7, 11) is -4.19. The molecule has 0 amide bonds. The van der Waals surface area contributed by atoms with Crippen LogP contribution in [0.15, 0.2) is 23.1 Å². The van der Waals surface area contributed by atoms with Crippen molar-refractivity contribution >= 4 is 16.0 Å². The fourth-order valence-corrected chi connectivity index (χ4v) is 3.00. The number of nitriles is 1. The van der Waals surface area contributed by atoms with Crippen molar-refractivity contribution in [2.45, 2.75) is 31.7 Å². The SMILES string of the molecule is CC(C)(C)[C@H](NS(=O)(=O)c1ccc(F)c(C#N)c1)C(=O)O. The van der Waals surface area contributed by atoms with Crippen molar-refractivity contribution in [1.29, 1.82) is 5.26 Å². The first-order valence-electron chi connectivity index (χ1n) is 5.94. The zero-order valence-corrected chi connectivity index (χ0v) is 12.5. The van der Waals surface area contributed by atoms with Gasteiger partial charge in [-0.05, 0) is 23.6 Å². The molecule has 0 bridgehead atoms. The van der Waals surface area contributed by atoms with E-state index in [1.165, 1.54) is 6.07 Å². The molecule has 0 aliphatic carbocycles. The number of halogens is 1. The minimum absolute atomic E-state index is 0.365. The third-order valence-corrected chi connectivity index (χ3v) is 4.18. The number of benzene rings is 1. The van der Waals surface area contributed by atoms with E-state index in [1.807, 2.05) is 0 Å². The lowest BCUT2D eigenvalue weighted by molar-refractivity contribution is -0.141. The highest BCUT2D eigenvalue weighted by atomic mass is 32.2. The van der Waals surface area contributed by atoms with Crippen LogP contribution in [0.1, 0.15) is 26.3 Å². The molecule has 8 heteroatoms. The quantitative estimate of drug-likeness (QED) is 0.875.